The van der Waals surface area contributed by atoms with E-state index in [-0.39, 0.29) is 12.3 Å². The van der Waals surface area contributed by atoms with E-state index in [9.17, 15) is 15.0 Å². The van der Waals surface area contributed by atoms with Gasteiger partial charge in [-0.1, -0.05) is 40.5 Å². The molecular formula is C27H22Cl2N4O4. The molecule has 0 radical (unpaired) electrons. The smallest absolute Gasteiger partial charge is 0.354 e. The molecular weight excluding hydrogens is 515 g/mol. The number of carboxylic acids is 1. The van der Waals surface area contributed by atoms with Crippen LogP contribution in [0.25, 0.3) is 28.2 Å². The van der Waals surface area contributed by atoms with Gasteiger partial charge in [0, 0.05) is 59.5 Å². The molecule has 3 aromatic heterocycles. The Morgan fingerprint density at radius 1 is 1.16 bits per heavy atom. The SMILES string of the molecule is O=C(O)c1cc(CO)c2cc(N3CC(/C=C/c4c(-c5c(Cl)cncc5Cl)noc4C4CC4)C3)ccc2n1. The number of carbonyl (C=O) groups is 1. The summed E-state index contributed by atoms with van der Waals surface area (Å²) in [6, 6.07) is 7.10. The first-order chi connectivity index (χ1) is 17.9. The molecule has 0 amide bonds. The lowest BCUT2D eigenvalue weighted by molar-refractivity contribution is 0.0690. The van der Waals surface area contributed by atoms with Gasteiger partial charge in [0.25, 0.3) is 0 Å². The van der Waals surface area contributed by atoms with E-state index in [0.717, 1.165) is 48.3 Å². The molecule has 8 nitrogen and oxygen atoms in total. The molecule has 0 unspecified atom stereocenters. The van der Waals surface area contributed by atoms with Gasteiger partial charge in [0.05, 0.1) is 22.2 Å². The highest BCUT2D eigenvalue weighted by Gasteiger charge is 2.33. The molecule has 0 spiro atoms. The van der Waals surface area contributed by atoms with Gasteiger partial charge in [-0.2, -0.15) is 0 Å². The number of aromatic nitrogens is 3. The Hall–Kier alpha value is -3.46. The number of nitrogens with zero attached hydrogens (tertiary/aromatic N) is 4. The van der Waals surface area contributed by atoms with Crippen LogP contribution in [0.15, 0.2) is 47.3 Å². The molecule has 37 heavy (non-hydrogen) atoms. The maximum Gasteiger partial charge on any atom is 0.354 e. The Labute approximate surface area is 222 Å². The first-order valence-corrected chi connectivity index (χ1v) is 12.7. The summed E-state index contributed by atoms with van der Waals surface area (Å²) >= 11 is 12.8. The summed E-state index contributed by atoms with van der Waals surface area (Å²) in [6.07, 6.45) is 9.49. The third kappa shape index (κ3) is 4.45. The third-order valence-corrected chi connectivity index (χ3v) is 7.44. The minimum absolute atomic E-state index is 0.0773. The van der Waals surface area contributed by atoms with Crippen LogP contribution in [0, 0.1) is 5.92 Å². The Bertz CT molecular complexity index is 1540. The van der Waals surface area contributed by atoms with Crippen LogP contribution in [0.3, 0.4) is 0 Å². The van der Waals surface area contributed by atoms with E-state index in [0.29, 0.717) is 44.2 Å². The lowest BCUT2D eigenvalue weighted by Gasteiger charge is -2.40. The Morgan fingerprint density at radius 3 is 2.59 bits per heavy atom. The van der Waals surface area contributed by atoms with Crippen molar-refractivity contribution in [3.8, 4) is 11.3 Å². The summed E-state index contributed by atoms with van der Waals surface area (Å²) in [5.74, 6) is 0.434. The minimum atomic E-state index is -1.12. The quantitative estimate of drug-likeness (QED) is 0.304. The molecule has 2 N–H and O–H groups in total. The predicted molar refractivity (Wildman–Crippen MR) is 141 cm³/mol. The zero-order valence-electron chi connectivity index (χ0n) is 19.6. The average Bonchev–Trinajstić information content (AvgIpc) is 3.62. The number of aliphatic hydroxyl groups is 1. The third-order valence-electron chi connectivity index (χ3n) is 6.87. The lowest BCUT2D eigenvalue weighted by atomic mass is 9.95. The number of aromatic carboxylic acids is 1. The number of anilines is 1. The summed E-state index contributed by atoms with van der Waals surface area (Å²) in [5.41, 5.74) is 4.18. The van der Waals surface area contributed by atoms with Gasteiger partial charge in [-0.25, -0.2) is 9.78 Å². The monoisotopic (exact) mass is 536 g/mol. The van der Waals surface area contributed by atoms with Gasteiger partial charge in [0.1, 0.15) is 17.1 Å². The summed E-state index contributed by atoms with van der Waals surface area (Å²) in [4.78, 5) is 21.8. The molecule has 188 valence electrons. The van der Waals surface area contributed by atoms with Crippen LogP contribution in [0.5, 0.6) is 0 Å². The number of hydrogen-bond acceptors (Lipinski definition) is 7. The van der Waals surface area contributed by atoms with Gasteiger partial charge in [-0.05, 0) is 42.7 Å². The van der Waals surface area contributed by atoms with Crippen molar-refractivity contribution in [1.82, 2.24) is 15.1 Å². The van der Waals surface area contributed by atoms with Gasteiger partial charge >= 0.3 is 5.97 Å². The minimum Gasteiger partial charge on any atom is -0.477 e. The number of benzene rings is 1. The molecule has 1 saturated carbocycles. The Morgan fingerprint density at radius 2 is 1.92 bits per heavy atom. The van der Waals surface area contributed by atoms with Gasteiger partial charge in [0.2, 0.25) is 0 Å². The number of halogens is 2. The second-order valence-corrected chi connectivity index (χ2v) is 10.2. The normalized spacial score (nSPS) is 16.0. The maximum absolute atomic E-state index is 11.3. The van der Waals surface area contributed by atoms with Crippen molar-refractivity contribution in [3.05, 3.63) is 75.4 Å². The zero-order valence-corrected chi connectivity index (χ0v) is 21.1. The van der Waals surface area contributed by atoms with Crippen molar-refractivity contribution in [2.75, 3.05) is 18.0 Å². The molecule has 1 aromatic carbocycles. The molecule has 1 aliphatic heterocycles. The Kier molecular flexibility index (Phi) is 6.10. The summed E-state index contributed by atoms with van der Waals surface area (Å²) in [6.45, 7) is 1.37. The van der Waals surface area contributed by atoms with Crippen LogP contribution < -0.4 is 4.90 Å². The predicted octanol–water partition coefficient (Wildman–Crippen LogP) is 5.81. The van der Waals surface area contributed by atoms with E-state index in [1.165, 1.54) is 6.07 Å². The standard InChI is InChI=1S/C27H22Cl2N4O4/c28-20-9-30-10-21(29)24(20)25-18(26(37-32-25)15-2-3-15)5-1-14-11-33(12-14)17-4-6-22-19(8-17)16(13-34)7-23(31-22)27(35)36/h1,4-10,14-15,34H,2-3,11-13H2,(H,35,36)/b5-1+. The summed E-state index contributed by atoms with van der Waals surface area (Å²) in [5, 5.41) is 25.0. The van der Waals surface area contributed by atoms with Crippen LogP contribution in [0.4, 0.5) is 5.69 Å². The first-order valence-electron chi connectivity index (χ1n) is 11.9. The van der Waals surface area contributed by atoms with Crippen molar-refractivity contribution in [3.63, 3.8) is 0 Å². The van der Waals surface area contributed by atoms with E-state index < -0.39 is 5.97 Å². The zero-order chi connectivity index (χ0) is 25.7. The van der Waals surface area contributed by atoms with E-state index in [1.807, 2.05) is 12.1 Å². The average molecular weight is 537 g/mol. The van der Waals surface area contributed by atoms with E-state index in [4.69, 9.17) is 27.7 Å². The van der Waals surface area contributed by atoms with Crippen molar-refractivity contribution in [1.29, 1.82) is 0 Å². The second-order valence-electron chi connectivity index (χ2n) is 9.42. The highest BCUT2D eigenvalue weighted by Crippen LogP contribution is 2.46. The number of pyridine rings is 2. The fraction of sp³-hybridized carbons (Fsp3) is 0.259. The topological polar surface area (TPSA) is 113 Å². The molecule has 10 heteroatoms. The van der Waals surface area contributed by atoms with Crippen molar-refractivity contribution >= 4 is 51.8 Å². The van der Waals surface area contributed by atoms with Gasteiger partial charge in [0.15, 0.2) is 0 Å². The number of rotatable bonds is 7. The molecule has 4 heterocycles. The number of hydrogen-bond donors (Lipinski definition) is 2. The molecule has 1 aliphatic carbocycles. The van der Waals surface area contributed by atoms with Crippen LogP contribution in [0.1, 0.15) is 46.1 Å². The van der Waals surface area contributed by atoms with Crippen molar-refractivity contribution in [2.45, 2.75) is 25.4 Å². The fourth-order valence-corrected chi connectivity index (χ4v) is 5.27. The molecule has 4 aromatic rings. The number of fused-ring (bicyclic) bond motifs is 1. The van der Waals surface area contributed by atoms with Crippen molar-refractivity contribution < 1.29 is 19.5 Å². The van der Waals surface area contributed by atoms with Crippen LogP contribution in [-0.4, -0.2) is 44.4 Å². The van der Waals surface area contributed by atoms with Crippen LogP contribution in [-0.2, 0) is 6.61 Å². The summed E-state index contributed by atoms with van der Waals surface area (Å²) < 4.78 is 5.73. The molecule has 6 rings (SSSR count). The fourth-order valence-electron chi connectivity index (χ4n) is 4.73. The van der Waals surface area contributed by atoms with Gasteiger partial charge in [-0.15, -0.1) is 0 Å². The van der Waals surface area contributed by atoms with Gasteiger partial charge in [-0.3, -0.25) is 4.98 Å². The van der Waals surface area contributed by atoms with Gasteiger partial charge < -0.3 is 19.6 Å². The van der Waals surface area contributed by atoms with E-state index in [1.54, 1.807) is 18.5 Å². The largest absolute Gasteiger partial charge is 0.477 e. The van der Waals surface area contributed by atoms with Crippen LogP contribution in [0.2, 0.25) is 10.0 Å². The second kappa shape index (κ2) is 9.45. The number of carboxylic acid groups (broad SMARTS) is 1. The van der Waals surface area contributed by atoms with Crippen molar-refractivity contribution in [2.24, 2.45) is 5.92 Å². The number of aliphatic hydroxyl groups excluding tert-OH is 1. The molecule has 0 atom stereocenters. The highest BCUT2D eigenvalue weighted by molar-refractivity contribution is 6.39. The maximum atomic E-state index is 11.3. The highest BCUT2D eigenvalue weighted by atomic mass is 35.5. The molecule has 2 fully saturated rings. The van der Waals surface area contributed by atoms with E-state index in [2.05, 4.69) is 32.2 Å². The lowest BCUT2D eigenvalue weighted by Crippen LogP contribution is -2.45. The van der Waals surface area contributed by atoms with E-state index >= 15 is 0 Å². The van der Waals surface area contributed by atoms with Crippen LogP contribution >= 0.6 is 23.2 Å². The molecule has 0 bridgehead atoms. The summed E-state index contributed by atoms with van der Waals surface area (Å²) in [7, 11) is 0. The molecule has 2 aliphatic rings. The first kappa shape index (κ1) is 23.9. The molecule has 1 saturated heterocycles. The Balaban J connectivity index is 1.23.